The Morgan fingerprint density at radius 1 is 1.85 bits per heavy atom. The summed E-state index contributed by atoms with van der Waals surface area (Å²) in [5.41, 5.74) is 0.609. The zero-order valence-corrected chi connectivity index (χ0v) is 7.53. The van der Waals surface area contributed by atoms with Crippen molar-refractivity contribution in [1.29, 1.82) is 5.26 Å². The molecule has 1 rings (SSSR count). The molecule has 0 bridgehead atoms. The highest BCUT2D eigenvalue weighted by atomic mass is 16.1. The van der Waals surface area contributed by atoms with Crippen LogP contribution in [0.25, 0.3) is 0 Å². The normalized spacial score (nSPS) is 9.31. The minimum atomic E-state index is -0.257. The van der Waals surface area contributed by atoms with E-state index >= 15 is 0 Å². The number of rotatable bonds is 2. The van der Waals surface area contributed by atoms with Crippen molar-refractivity contribution in [1.82, 2.24) is 15.1 Å². The molecule has 1 aromatic heterocycles. The molecule has 5 nitrogen and oxygen atoms in total. The molecule has 5 heteroatoms. The second-order valence-corrected chi connectivity index (χ2v) is 2.50. The van der Waals surface area contributed by atoms with Gasteiger partial charge in [0.1, 0.15) is 6.07 Å². The van der Waals surface area contributed by atoms with Crippen LogP contribution >= 0.6 is 0 Å². The second-order valence-electron chi connectivity index (χ2n) is 2.50. The molecule has 0 saturated carbocycles. The monoisotopic (exact) mass is 178 g/mol. The SMILES string of the molecule is CCNC(=O)c1cnn(C)c1C#N. The van der Waals surface area contributed by atoms with Crippen LogP contribution in [0.15, 0.2) is 6.20 Å². The van der Waals surface area contributed by atoms with Gasteiger partial charge in [0.2, 0.25) is 0 Å². The second kappa shape index (κ2) is 3.72. The van der Waals surface area contributed by atoms with Gasteiger partial charge in [-0.05, 0) is 6.92 Å². The van der Waals surface area contributed by atoms with Gasteiger partial charge in [0.25, 0.3) is 5.91 Å². The van der Waals surface area contributed by atoms with E-state index in [9.17, 15) is 4.79 Å². The summed E-state index contributed by atoms with van der Waals surface area (Å²) in [5, 5.41) is 15.1. The average Bonchev–Trinajstić information content (AvgIpc) is 2.47. The minimum absolute atomic E-state index is 0.257. The maximum absolute atomic E-state index is 11.3. The summed E-state index contributed by atoms with van der Waals surface area (Å²) in [4.78, 5) is 11.3. The topological polar surface area (TPSA) is 70.7 Å². The number of aryl methyl sites for hydroxylation is 1. The fraction of sp³-hybridized carbons (Fsp3) is 0.375. The Hall–Kier alpha value is -1.83. The predicted molar refractivity (Wildman–Crippen MR) is 45.9 cm³/mol. The predicted octanol–water partition coefficient (Wildman–Crippen LogP) is 0.0415. The molecule has 0 saturated heterocycles. The third kappa shape index (κ3) is 1.67. The molecular weight excluding hydrogens is 168 g/mol. The molecule has 0 aromatic carbocycles. The van der Waals surface area contributed by atoms with Crippen LogP contribution in [0.2, 0.25) is 0 Å². The van der Waals surface area contributed by atoms with Crippen molar-refractivity contribution in [2.75, 3.05) is 6.54 Å². The van der Waals surface area contributed by atoms with Crippen LogP contribution in [0, 0.1) is 11.3 Å². The molecule has 1 N–H and O–H groups in total. The van der Waals surface area contributed by atoms with Crippen molar-refractivity contribution in [3.63, 3.8) is 0 Å². The third-order valence-corrected chi connectivity index (χ3v) is 1.63. The summed E-state index contributed by atoms with van der Waals surface area (Å²) >= 11 is 0. The van der Waals surface area contributed by atoms with E-state index in [-0.39, 0.29) is 11.6 Å². The van der Waals surface area contributed by atoms with Crippen LogP contribution in [-0.4, -0.2) is 22.2 Å². The number of amides is 1. The van der Waals surface area contributed by atoms with Gasteiger partial charge >= 0.3 is 0 Å². The van der Waals surface area contributed by atoms with E-state index in [1.807, 2.05) is 13.0 Å². The van der Waals surface area contributed by atoms with Gasteiger partial charge in [0, 0.05) is 13.6 Å². The highest BCUT2D eigenvalue weighted by Gasteiger charge is 2.14. The highest BCUT2D eigenvalue weighted by molar-refractivity contribution is 5.95. The Morgan fingerprint density at radius 3 is 3.08 bits per heavy atom. The fourth-order valence-corrected chi connectivity index (χ4v) is 0.992. The molecule has 1 amide bonds. The Kier molecular flexibility index (Phi) is 2.65. The van der Waals surface area contributed by atoms with Crippen LogP contribution in [-0.2, 0) is 7.05 Å². The van der Waals surface area contributed by atoms with Crippen molar-refractivity contribution >= 4 is 5.91 Å². The molecule has 0 spiro atoms. The fourth-order valence-electron chi connectivity index (χ4n) is 0.992. The van der Waals surface area contributed by atoms with Gasteiger partial charge in [-0.3, -0.25) is 9.48 Å². The van der Waals surface area contributed by atoms with E-state index in [1.165, 1.54) is 10.9 Å². The lowest BCUT2D eigenvalue weighted by atomic mass is 10.2. The van der Waals surface area contributed by atoms with Crippen LogP contribution in [0.4, 0.5) is 0 Å². The van der Waals surface area contributed by atoms with Gasteiger partial charge in [-0.2, -0.15) is 10.4 Å². The standard InChI is InChI=1S/C8H10N4O/c1-3-10-8(13)6-5-11-12(2)7(6)4-9/h5H,3H2,1-2H3,(H,10,13). The highest BCUT2D eigenvalue weighted by Crippen LogP contribution is 2.04. The van der Waals surface area contributed by atoms with Crippen LogP contribution in [0.3, 0.4) is 0 Å². The Bertz CT molecular complexity index is 361. The zero-order valence-electron chi connectivity index (χ0n) is 7.53. The first-order valence-corrected chi connectivity index (χ1v) is 3.91. The van der Waals surface area contributed by atoms with Crippen molar-refractivity contribution in [3.05, 3.63) is 17.5 Å². The van der Waals surface area contributed by atoms with Crippen molar-refractivity contribution < 1.29 is 4.79 Å². The maximum Gasteiger partial charge on any atom is 0.255 e. The lowest BCUT2D eigenvalue weighted by Gasteiger charge is -1.98. The Morgan fingerprint density at radius 2 is 2.54 bits per heavy atom. The van der Waals surface area contributed by atoms with Gasteiger partial charge in [0.15, 0.2) is 5.69 Å². The lowest BCUT2D eigenvalue weighted by Crippen LogP contribution is -2.23. The van der Waals surface area contributed by atoms with Crippen LogP contribution in [0.5, 0.6) is 0 Å². The van der Waals surface area contributed by atoms with E-state index in [0.717, 1.165) is 0 Å². The molecule has 1 heterocycles. The molecule has 0 aliphatic heterocycles. The first-order valence-electron chi connectivity index (χ1n) is 3.91. The van der Waals surface area contributed by atoms with E-state index in [1.54, 1.807) is 7.05 Å². The van der Waals surface area contributed by atoms with Crippen molar-refractivity contribution in [3.8, 4) is 6.07 Å². The summed E-state index contributed by atoms with van der Waals surface area (Å²) < 4.78 is 1.38. The van der Waals surface area contributed by atoms with Crippen molar-refractivity contribution in [2.24, 2.45) is 7.05 Å². The quantitative estimate of drug-likeness (QED) is 0.695. The number of carbonyl (C=O) groups is 1. The zero-order chi connectivity index (χ0) is 9.84. The molecule has 0 unspecified atom stereocenters. The lowest BCUT2D eigenvalue weighted by molar-refractivity contribution is 0.0955. The molecule has 0 fully saturated rings. The number of hydrogen-bond acceptors (Lipinski definition) is 3. The summed E-state index contributed by atoms with van der Waals surface area (Å²) in [6, 6.07) is 1.92. The van der Waals surface area contributed by atoms with Gasteiger partial charge in [-0.25, -0.2) is 0 Å². The molecule has 13 heavy (non-hydrogen) atoms. The largest absolute Gasteiger partial charge is 0.352 e. The smallest absolute Gasteiger partial charge is 0.255 e. The molecule has 0 radical (unpaired) electrons. The number of hydrogen-bond donors (Lipinski definition) is 1. The molecular formula is C8H10N4O. The first kappa shape index (κ1) is 9.26. The van der Waals surface area contributed by atoms with E-state index in [2.05, 4.69) is 10.4 Å². The van der Waals surface area contributed by atoms with E-state index in [0.29, 0.717) is 12.1 Å². The number of nitrogens with one attached hydrogen (secondary N) is 1. The third-order valence-electron chi connectivity index (χ3n) is 1.63. The Balaban J connectivity index is 3.02. The van der Waals surface area contributed by atoms with Crippen molar-refractivity contribution in [2.45, 2.75) is 6.92 Å². The van der Waals surface area contributed by atoms with Crippen LogP contribution < -0.4 is 5.32 Å². The molecule has 68 valence electrons. The summed E-state index contributed by atoms with van der Waals surface area (Å²) in [7, 11) is 1.63. The summed E-state index contributed by atoms with van der Waals surface area (Å²) in [5.74, 6) is -0.257. The minimum Gasteiger partial charge on any atom is -0.352 e. The maximum atomic E-state index is 11.3. The molecule has 0 atom stereocenters. The van der Waals surface area contributed by atoms with E-state index in [4.69, 9.17) is 5.26 Å². The summed E-state index contributed by atoms with van der Waals surface area (Å²) in [6.07, 6.45) is 1.39. The van der Waals surface area contributed by atoms with Gasteiger partial charge in [-0.1, -0.05) is 0 Å². The summed E-state index contributed by atoms with van der Waals surface area (Å²) in [6.45, 7) is 2.36. The van der Waals surface area contributed by atoms with Gasteiger partial charge in [-0.15, -0.1) is 0 Å². The number of nitrogens with zero attached hydrogens (tertiary/aromatic N) is 3. The first-order chi connectivity index (χ1) is 6.20. The average molecular weight is 178 g/mol. The van der Waals surface area contributed by atoms with Gasteiger partial charge < -0.3 is 5.32 Å². The number of aromatic nitrogens is 2. The molecule has 0 aliphatic carbocycles. The van der Waals surface area contributed by atoms with Gasteiger partial charge in [0.05, 0.1) is 11.8 Å². The van der Waals surface area contributed by atoms with E-state index < -0.39 is 0 Å². The Labute approximate surface area is 76.0 Å². The molecule has 0 aliphatic rings. The number of carbonyl (C=O) groups excluding carboxylic acids is 1. The molecule has 1 aromatic rings. The number of nitriles is 1. The van der Waals surface area contributed by atoms with Crippen LogP contribution in [0.1, 0.15) is 23.0 Å².